The van der Waals surface area contributed by atoms with Crippen molar-refractivity contribution in [2.75, 3.05) is 55.4 Å². The van der Waals surface area contributed by atoms with Gasteiger partial charge in [0.25, 0.3) is 11.8 Å². The van der Waals surface area contributed by atoms with Crippen LogP contribution < -0.4 is 20.3 Å². The number of piperidine rings is 1. The molecule has 4 N–H and O–H groups in total. The van der Waals surface area contributed by atoms with Crippen molar-refractivity contribution in [1.29, 1.82) is 0 Å². The number of likely N-dealkylation sites (N-methyl/N-ethyl adjacent to an activating group) is 1. The number of carboxylic acid groups (broad SMARTS) is 2. The van der Waals surface area contributed by atoms with Crippen molar-refractivity contribution < 1.29 is 38.9 Å². The summed E-state index contributed by atoms with van der Waals surface area (Å²) >= 11 is 0. The molecule has 3 amide bonds. The van der Waals surface area contributed by atoms with Crippen LogP contribution in [0.25, 0.3) is 0 Å². The fourth-order valence-corrected chi connectivity index (χ4v) is 7.09. The zero-order valence-corrected chi connectivity index (χ0v) is 34.6. The molecule has 0 saturated carbocycles. The van der Waals surface area contributed by atoms with Gasteiger partial charge in [-0.15, -0.1) is 0 Å². The van der Waals surface area contributed by atoms with Crippen molar-refractivity contribution in [2.45, 2.75) is 77.8 Å². The largest absolute Gasteiger partial charge is 0.492 e. The molecule has 1 aliphatic rings. The predicted molar refractivity (Wildman–Crippen MR) is 229 cm³/mol. The summed E-state index contributed by atoms with van der Waals surface area (Å²) in [6, 6.07) is 21.4. The number of carbonyl (C=O) groups excluding carboxylic acids is 3. The Hall–Kier alpha value is -6.35. The number of hydrogen-bond donors (Lipinski definition) is 4. The average Bonchev–Trinajstić information content (AvgIpc) is 3.26. The van der Waals surface area contributed by atoms with Crippen LogP contribution in [0.3, 0.4) is 0 Å². The second kappa shape index (κ2) is 22.1. The Bertz CT molecular complexity index is 2080. The fourth-order valence-electron chi connectivity index (χ4n) is 7.09. The molecular weight excluding hydrogens is 767 g/mol. The van der Waals surface area contributed by atoms with Crippen LogP contribution in [0.4, 0.5) is 17.2 Å². The molecule has 15 heteroatoms. The van der Waals surface area contributed by atoms with Crippen LogP contribution in [0.2, 0.25) is 0 Å². The van der Waals surface area contributed by atoms with E-state index in [4.69, 9.17) is 19.9 Å². The summed E-state index contributed by atoms with van der Waals surface area (Å²) in [6.07, 6.45) is 6.66. The molecule has 1 fully saturated rings. The minimum atomic E-state index is -1.11. The van der Waals surface area contributed by atoms with Crippen molar-refractivity contribution >= 4 is 46.9 Å². The number of hydrogen-bond acceptors (Lipinski definition) is 10. The number of aliphatic carboxylic acids is 1. The minimum Gasteiger partial charge on any atom is -0.492 e. The van der Waals surface area contributed by atoms with Gasteiger partial charge in [-0.2, -0.15) is 0 Å². The summed E-state index contributed by atoms with van der Waals surface area (Å²) in [5.41, 5.74) is 3.13. The Morgan fingerprint density at radius 3 is 2.25 bits per heavy atom. The van der Waals surface area contributed by atoms with Gasteiger partial charge in [0.15, 0.2) is 5.69 Å². The van der Waals surface area contributed by atoms with Crippen LogP contribution in [0, 0.1) is 0 Å². The number of anilines is 3. The van der Waals surface area contributed by atoms with Gasteiger partial charge < -0.3 is 35.4 Å². The fraction of sp³-hybridized carbons (Fsp3) is 0.400. The third kappa shape index (κ3) is 13.1. The molecule has 2 aromatic carbocycles. The number of rotatable bonds is 21. The molecule has 0 aliphatic carbocycles. The maximum atomic E-state index is 13.9. The van der Waals surface area contributed by atoms with E-state index in [0.29, 0.717) is 55.5 Å². The second-order valence-electron chi connectivity index (χ2n) is 14.9. The smallest absolute Gasteiger partial charge is 0.354 e. The highest BCUT2D eigenvalue weighted by Crippen LogP contribution is 2.25. The van der Waals surface area contributed by atoms with Crippen LogP contribution in [0.5, 0.6) is 5.75 Å². The van der Waals surface area contributed by atoms with Gasteiger partial charge in [-0.25, -0.2) is 14.8 Å². The van der Waals surface area contributed by atoms with E-state index >= 15 is 0 Å². The lowest BCUT2D eigenvalue weighted by Gasteiger charge is -2.32. The highest BCUT2D eigenvalue weighted by Gasteiger charge is 2.22. The van der Waals surface area contributed by atoms with Gasteiger partial charge in [0.05, 0.1) is 24.9 Å². The summed E-state index contributed by atoms with van der Waals surface area (Å²) in [5.74, 6) is -2.06. The molecule has 15 nitrogen and oxygen atoms in total. The standard InChI is InChI=1S/C45H55N7O8/c1-4-35(5-2)52(26-25-50(3)40(53)20-21-41(54)55)30-32-10-9-11-33(28-32)43(56)48-37-18-19-39(51-23-7-6-8-24-51)49-42(37)44(57)47-34-14-12-31(13-15-34)22-27-60-36-16-17-38(45(58)59)46-29-36/h9-19,28-29,35H,4-8,20-27,30H2,1-3H3,(H,47,57)(H,48,56)(H,54,55)(H,58,59). The lowest BCUT2D eigenvalue weighted by Crippen LogP contribution is -2.41. The summed E-state index contributed by atoms with van der Waals surface area (Å²) in [6.45, 7) is 7.77. The van der Waals surface area contributed by atoms with E-state index in [1.807, 2.05) is 36.4 Å². The number of amides is 3. The van der Waals surface area contributed by atoms with Crippen molar-refractivity contribution in [3.8, 4) is 5.75 Å². The maximum Gasteiger partial charge on any atom is 0.354 e. The van der Waals surface area contributed by atoms with E-state index in [1.165, 1.54) is 12.3 Å². The highest BCUT2D eigenvalue weighted by molar-refractivity contribution is 6.11. The third-order valence-corrected chi connectivity index (χ3v) is 10.6. The summed E-state index contributed by atoms with van der Waals surface area (Å²) in [5, 5.41) is 23.9. The van der Waals surface area contributed by atoms with E-state index < -0.39 is 23.8 Å². The molecular formula is C45H55N7O8. The van der Waals surface area contributed by atoms with Crippen molar-refractivity contribution in [3.05, 3.63) is 107 Å². The topological polar surface area (TPSA) is 195 Å². The van der Waals surface area contributed by atoms with Gasteiger partial charge in [0, 0.05) is 69.9 Å². The molecule has 318 valence electrons. The molecule has 1 saturated heterocycles. The van der Waals surface area contributed by atoms with Crippen LogP contribution in [0.1, 0.15) is 101 Å². The second-order valence-corrected chi connectivity index (χ2v) is 14.9. The number of carbonyl (C=O) groups is 5. The number of nitrogens with zero attached hydrogens (tertiary/aromatic N) is 5. The van der Waals surface area contributed by atoms with Gasteiger partial charge in [-0.05, 0) is 91.8 Å². The van der Waals surface area contributed by atoms with Crippen LogP contribution in [-0.2, 0) is 22.6 Å². The first-order valence-electron chi connectivity index (χ1n) is 20.5. The van der Waals surface area contributed by atoms with E-state index in [9.17, 15) is 24.0 Å². The van der Waals surface area contributed by atoms with Gasteiger partial charge in [0.1, 0.15) is 17.3 Å². The normalized spacial score (nSPS) is 12.6. The lowest BCUT2D eigenvalue weighted by atomic mass is 10.1. The van der Waals surface area contributed by atoms with Crippen molar-refractivity contribution in [1.82, 2.24) is 19.8 Å². The Labute approximate surface area is 350 Å². The Balaban J connectivity index is 1.26. The van der Waals surface area contributed by atoms with E-state index in [2.05, 4.69) is 39.3 Å². The molecule has 2 aromatic heterocycles. The zero-order chi connectivity index (χ0) is 43.0. The number of aromatic carboxylic acids is 1. The Morgan fingerprint density at radius 1 is 0.833 bits per heavy atom. The third-order valence-electron chi connectivity index (χ3n) is 10.6. The molecule has 0 radical (unpaired) electrons. The molecule has 3 heterocycles. The van der Waals surface area contributed by atoms with Gasteiger partial charge in [0.2, 0.25) is 5.91 Å². The lowest BCUT2D eigenvalue weighted by molar-refractivity contribution is -0.140. The number of aromatic nitrogens is 2. The quantitative estimate of drug-likeness (QED) is 0.0704. The number of pyridine rings is 2. The predicted octanol–water partition coefficient (Wildman–Crippen LogP) is 6.61. The first-order valence-corrected chi connectivity index (χ1v) is 20.5. The first kappa shape index (κ1) is 44.7. The summed E-state index contributed by atoms with van der Waals surface area (Å²) < 4.78 is 5.71. The monoisotopic (exact) mass is 821 g/mol. The summed E-state index contributed by atoms with van der Waals surface area (Å²) in [4.78, 5) is 76.9. The van der Waals surface area contributed by atoms with Crippen molar-refractivity contribution in [3.63, 3.8) is 0 Å². The zero-order valence-electron chi connectivity index (χ0n) is 34.6. The van der Waals surface area contributed by atoms with E-state index in [-0.39, 0.29) is 41.9 Å². The molecule has 5 rings (SSSR count). The molecule has 4 aromatic rings. The molecule has 0 bridgehead atoms. The van der Waals surface area contributed by atoms with Gasteiger partial charge in [-0.3, -0.25) is 24.1 Å². The molecule has 0 atom stereocenters. The number of benzene rings is 2. The number of nitrogens with one attached hydrogen (secondary N) is 2. The van der Waals surface area contributed by atoms with Crippen molar-refractivity contribution in [2.24, 2.45) is 0 Å². The molecule has 1 aliphatic heterocycles. The Kier molecular flexibility index (Phi) is 16.5. The number of ether oxygens (including phenoxy) is 1. The first-order chi connectivity index (χ1) is 28.9. The van der Waals surface area contributed by atoms with Gasteiger partial charge in [-0.1, -0.05) is 38.1 Å². The van der Waals surface area contributed by atoms with Crippen LogP contribution in [0.15, 0.2) is 79.0 Å². The van der Waals surface area contributed by atoms with Gasteiger partial charge >= 0.3 is 11.9 Å². The SMILES string of the molecule is CCC(CC)N(CCN(C)C(=O)CCC(=O)O)Cc1cccc(C(=O)Nc2ccc(N3CCCCC3)nc2C(=O)Nc2ccc(CCOc3ccc(C(=O)O)nc3)cc2)c1. The van der Waals surface area contributed by atoms with Crippen LogP contribution in [-0.4, -0.2) is 106 Å². The molecule has 60 heavy (non-hydrogen) atoms. The highest BCUT2D eigenvalue weighted by atomic mass is 16.5. The van der Waals surface area contributed by atoms with E-state index in [0.717, 1.165) is 56.3 Å². The van der Waals surface area contributed by atoms with E-state index in [1.54, 1.807) is 42.3 Å². The Morgan fingerprint density at radius 2 is 1.58 bits per heavy atom. The summed E-state index contributed by atoms with van der Waals surface area (Å²) in [7, 11) is 1.69. The number of carboxylic acids is 2. The van der Waals surface area contributed by atoms with Crippen LogP contribution >= 0.6 is 0 Å². The molecule has 0 spiro atoms. The average molecular weight is 822 g/mol. The maximum absolute atomic E-state index is 13.9. The molecule has 0 unspecified atom stereocenters. The minimum absolute atomic E-state index is 0.0478.